The van der Waals surface area contributed by atoms with E-state index in [9.17, 15) is 23.1 Å². The molecule has 1 aromatic rings. The Labute approximate surface area is 115 Å². The number of ether oxygens (including phenoxy) is 1. The molecule has 1 rings (SSSR count). The van der Waals surface area contributed by atoms with Crippen LogP contribution in [0.5, 0.6) is 5.75 Å². The number of aromatic carboxylic acids is 1. The van der Waals surface area contributed by atoms with Gasteiger partial charge in [-0.15, -0.1) is 0 Å². The summed E-state index contributed by atoms with van der Waals surface area (Å²) in [4.78, 5) is 22.1. The van der Waals surface area contributed by atoms with Crippen molar-refractivity contribution in [2.45, 2.75) is 6.92 Å². The van der Waals surface area contributed by atoms with E-state index >= 15 is 0 Å². The highest BCUT2D eigenvalue weighted by atomic mass is 32.2. The van der Waals surface area contributed by atoms with E-state index in [0.717, 1.165) is 18.2 Å². The zero-order valence-corrected chi connectivity index (χ0v) is 11.3. The van der Waals surface area contributed by atoms with Crippen molar-refractivity contribution in [3.8, 4) is 5.75 Å². The first-order chi connectivity index (χ1) is 9.25. The molecule has 0 bridgehead atoms. The topological polar surface area (TPSA) is 130 Å². The first-order valence-electron chi connectivity index (χ1n) is 5.47. The number of benzene rings is 1. The van der Waals surface area contributed by atoms with Crippen LogP contribution in [-0.2, 0) is 19.6 Å². The maximum atomic E-state index is 11.7. The minimum Gasteiger partial charge on any atom is -0.508 e. The molecule has 0 aliphatic heterocycles. The fourth-order valence-corrected chi connectivity index (χ4v) is 2.34. The number of phenols is 1. The molecule has 0 atom stereocenters. The molecule has 0 aromatic heterocycles. The summed E-state index contributed by atoms with van der Waals surface area (Å²) < 4.78 is 29.8. The largest absolute Gasteiger partial charge is 0.508 e. The zero-order valence-electron chi connectivity index (χ0n) is 10.5. The summed E-state index contributed by atoms with van der Waals surface area (Å²) >= 11 is 0. The lowest BCUT2D eigenvalue weighted by Crippen LogP contribution is -2.25. The molecule has 110 valence electrons. The maximum absolute atomic E-state index is 11.7. The molecule has 0 saturated heterocycles. The predicted molar refractivity (Wildman–Crippen MR) is 69.1 cm³/mol. The lowest BCUT2D eigenvalue weighted by molar-refractivity contribution is -0.139. The summed E-state index contributed by atoms with van der Waals surface area (Å²) in [7, 11) is -4.09. The number of anilines is 1. The van der Waals surface area contributed by atoms with E-state index in [1.54, 1.807) is 0 Å². The summed E-state index contributed by atoms with van der Waals surface area (Å²) in [6.45, 7) is 1.56. The minimum absolute atomic E-state index is 0.0357. The van der Waals surface area contributed by atoms with Crippen LogP contribution in [0.2, 0.25) is 0 Å². The second kappa shape index (κ2) is 6.24. The third-order valence-electron chi connectivity index (χ3n) is 2.11. The minimum atomic E-state index is -4.09. The number of phenolic OH excluding ortho intramolecular Hbond substituents is 1. The molecule has 0 fully saturated rings. The monoisotopic (exact) mass is 303 g/mol. The number of rotatable bonds is 6. The van der Waals surface area contributed by atoms with Crippen LogP contribution < -0.4 is 4.72 Å². The molecule has 0 radical (unpaired) electrons. The zero-order chi connectivity index (χ0) is 15.3. The summed E-state index contributed by atoms with van der Waals surface area (Å²) in [5.74, 6) is -3.62. The van der Waals surface area contributed by atoms with Gasteiger partial charge in [0.2, 0.25) is 10.0 Å². The normalized spacial score (nSPS) is 10.8. The van der Waals surface area contributed by atoms with Gasteiger partial charge in [-0.1, -0.05) is 0 Å². The Bertz CT molecular complexity index is 624. The first kappa shape index (κ1) is 15.8. The van der Waals surface area contributed by atoms with E-state index < -0.39 is 33.3 Å². The van der Waals surface area contributed by atoms with Gasteiger partial charge in [0.25, 0.3) is 0 Å². The maximum Gasteiger partial charge on any atom is 0.337 e. The first-order valence-corrected chi connectivity index (χ1v) is 7.13. The van der Waals surface area contributed by atoms with Crippen LogP contribution in [0.3, 0.4) is 0 Å². The van der Waals surface area contributed by atoms with Crippen molar-refractivity contribution in [2.75, 3.05) is 17.1 Å². The van der Waals surface area contributed by atoms with Crippen molar-refractivity contribution >= 4 is 27.6 Å². The lowest BCUT2D eigenvalue weighted by Gasteiger charge is -2.10. The highest BCUT2D eigenvalue weighted by Crippen LogP contribution is 2.22. The standard InChI is InChI=1S/C11H13NO7S/c1-2-19-10(14)6-20(17,18)12-9-4-3-7(13)5-8(9)11(15)16/h3-5,12-13H,2,6H2,1H3,(H,15,16). The number of esters is 1. The smallest absolute Gasteiger partial charge is 0.337 e. The molecule has 0 aliphatic rings. The average Bonchev–Trinajstić information content (AvgIpc) is 2.30. The highest BCUT2D eigenvalue weighted by Gasteiger charge is 2.20. The van der Waals surface area contributed by atoms with Gasteiger partial charge < -0.3 is 14.9 Å². The van der Waals surface area contributed by atoms with Crippen LogP contribution in [0, 0.1) is 0 Å². The van der Waals surface area contributed by atoms with Crippen LogP contribution in [0.25, 0.3) is 0 Å². The fraction of sp³-hybridized carbons (Fsp3) is 0.273. The van der Waals surface area contributed by atoms with Crippen molar-refractivity contribution in [3.05, 3.63) is 23.8 Å². The van der Waals surface area contributed by atoms with Crippen molar-refractivity contribution < 1.29 is 33.0 Å². The summed E-state index contributed by atoms with van der Waals surface area (Å²) in [5.41, 5.74) is -0.683. The second-order valence-corrected chi connectivity index (χ2v) is 5.42. The van der Waals surface area contributed by atoms with Crippen molar-refractivity contribution in [2.24, 2.45) is 0 Å². The van der Waals surface area contributed by atoms with Gasteiger partial charge in [0.1, 0.15) is 5.75 Å². The van der Waals surface area contributed by atoms with Crippen LogP contribution >= 0.6 is 0 Å². The molecular formula is C11H13NO7S. The number of hydrogen-bond acceptors (Lipinski definition) is 6. The van der Waals surface area contributed by atoms with Crippen molar-refractivity contribution in [3.63, 3.8) is 0 Å². The SMILES string of the molecule is CCOC(=O)CS(=O)(=O)Nc1ccc(O)cc1C(=O)O. The Balaban J connectivity index is 2.98. The highest BCUT2D eigenvalue weighted by molar-refractivity contribution is 7.93. The quantitative estimate of drug-likeness (QED) is 0.512. The van der Waals surface area contributed by atoms with E-state index in [1.165, 1.54) is 6.92 Å². The van der Waals surface area contributed by atoms with Gasteiger partial charge in [-0.3, -0.25) is 9.52 Å². The molecule has 0 aliphatic carbocycles. The van der Waals surface area contributed by atoms with Gasteiger partial charge in [0.15, 0.2) is 5.75 Å². The Morgan fingerprint density at radius 3 is 2.55 bits per heavy atom. The molecule has 0 unspecified atom stereocenters. The summed E-state index contributed by atoms with van der Waals surface area (Å²) in [5, 5.41) is 18.1. The number of carbonyl (C=O) groups is 2. The van der Waals surface area contributed by atoms with Crippen LogP contribution in [0.15, 0.2) is 18.2 Å². The number of sulfonamides is 1. The van der Waals surface area contributed by atoms with Crippen molar-refractivity contribution in [1.82, 2.24) is 0 Å². The fourth-order valence-electron chi connectivity index (χ4n) is 1.36. The van der Waals surface area contributed by atoms with Gasteiger partial charge in [0.05, 0.1) is 17.9 Å². The summed E-state index contributed by atoms with van der Waals surface area (Å²) in [6, 6.07) is 3.10. The third kappa shape index (κ3) is 4.43. The van der Waals surface area contributed by atoms with Gasteiger partial charge in [0, 0.05) is 0 Å². The number of hydrogen-bond donors (Lipinski definition) is 3. The molecule has 20 heavy (non-hydrogen) atoms. The van der Waals surface area contributed by atoms with Crippen molar-refractivity contribution in [1.29, 1.82) is 0 Å². The Kier molecular flexibility index (Phi) is 4.92. The van der Waals surface area contributed by atoms with Crippen LogP contribution in [0.1, 0.15) is 17.3 Å². The van der Waals surface area contributed by atoms with Gasteiger partial charge >= 0.3 is 11.9 Å². The molecule has 0 saturated carbocycles. The molecule has 0 amide bonds. The Hall–Kier alpha value is -2.29. The van der Waals surface area contributed by atoms with Crippen LogP contribution in [0.4, 0.5) is 5.69 Å². The van der Waals surface area contributed by atoms with E-state index in [2.05, 4.69) is 4.74 Å². The van der Waals surface area contributed by atoms with Gasteiger partial charge in [-0.2, -0.15) is 0 Å². The Morgan fingerprint density at radius 1 is 1.35 bits per heavy atom. The molecule has 8 nitrogen and oxygen atoms in total. The number of nitrogens with one attached hydrogen (secondary N) is 1. The third-order valence-corrected chi connectivity index (χ3v) is 3.26. The van der Waals surface area contributed by atoms with Gasteiger partial charge in [-0.05, 0) is 25.1 Å². The molecular weight excluding hydrogens is 290 g/mol. The molecule has 9 heteroatoms. The number of carboxylic acids is 1. The Morgan fingerprint density at radius 2 is 2.00 bits per heavy atom. The number of carbonyl (C=O) groups excluding carboxylic acids is 1. The number of aromatic hydroxyl groups is 1. The van der Waals surface area contributed by atoms with E-state index in [4.69, 9.17) is 5.11 Å². The summed E-state index contributed by atoms with van der Waals surface area (Å²) in [6.07, 6.45) is 0. The second-order valence-electron chi connectivity index (χ2n) is 3.70. The van der Waals surface area contributed by atoms with E-state index in [-0.39, 0.29) is 18.0 Å². The predicted octanol–water partition coefficient (Wildman–Crippen LogP) is 0.395. The lowest BCUT2D eigenvalue weighted by atomic mass is 10.2. The average molecular weight is 303 g/mol. The molecule has 3 N–H and O–H groups in total. The van der Waals surface area contributed by atoms with E-state index in [1.807, 2.05) is 4.72 Å². The van der Waals surface area contributed by atoms with Gasteiger partial charge in [-0.25, -0.2) is 13.2 Å². The van der Waals surface area contributed by atoms with E-state index in [0.29, 0.717) is 0 Å². The molecule has 0 heterocycles. The molecule has 1 aromatic carbocycles. The molecule has 0 spiro atoms. The van der Waals surface area contributed by atoms with Crippen LogP contribution in [-0.4, -0.2) is 42.9 Å². The number of carboxylic acid groups (broad SMARTS) is 1.